The van der Waals surface area contributed by atoms with E-state index < -0.39 is 24.5 Å². The molecule has 2 N–H and O–H groups in total. The number of ether oxygens (including phenoxy) is 1. The molecule has 0 spiro atoms. The smallest absolute Gasteiger partial charge is 0.329 e. The van der Waals surface area contributed by atoms with Gasteiger partial charge in [-0.15, -0.1) is 0 Å². The predicted octanol–water partition coefficient (Wildman–Crippen LogP) is 1.75. The van der Waals surface area contributed by atoms with Gasteiger partial charge in [0.1, 0.15) is 6.04 Å². The van der Waals surface area contributed by atoms with Crippen LogP contribution in [0.25, 0.3) is 0 Å². The lowest BCUT2D eigenvalue weighted by atomic mass is 10.2. The third kappa shape index (κ3) is 4.09. The molecule has 2 amide bonds. The molecule has 0 aliphatic carbocycles. The van der Waals surface area contributed by atoms with Gasteiger partial charge in [0.2, 0.25) is 5.91 Å². The molecule has 0 saturated carbocycles. The second kappa shape index (κ2) is 6.78. The zero-order valence-electron chi connectivity index (χ0n) is 10.8. The molecule has 1 atom stereocenters. The van der Waals surface area contributed by atoms with Crippen LogP contribution < -0.4 is 10.6 Å². The van der Waals surface area contributed by atoms with Crippen LogP contribution in [-0.4, -0.2) is 30.4 Å². The summed E-state index contributed by atoms with van der Waals surface area (Å²) in [6.07, 6.45) is 0.656. The van der Waals surface area contributed by atoms with Crippen LogP contribution in [0.15, 0.2) is 18.2 Å². The average Bonchev–Trinajstić information content (AvgIpc) is 2.88. The number of amides is 2. The molecule has 1 aliphatic heterocycles. The average molecular weight is 331 g/mol. The van der Waals surface area contributed by atoms with Gasteiger partial charge >= 0.3 is 5.97 Å². The van der Waals surface area contributed by atoms with Crippen molar-refractivity contribution in [3.63, 3.8) is 0 Å². The molecule has 1 aliphatic rings. The lowest BCUT2D eigenvalue weighted by Gasteiger charge is -2.11. The van der Waals surface area contributed by atoms with Gasteiger partial charge in [0.15, 0.2) is 6.61 Å². The monoisotopic (exact) mass is 330 g/mol. The van der Waals surface area contributed by atoms with Crippen LogP contribution >= 0.6 is 23.2 Å². The van der Waals surface area contributed by atoms with Gasteiger partial charge in [-0.2, -0.15) is 0 Å². The van der Waals surface area contributed by atoms with Gasteiger partial charge < -0.3 is 15.4 Å². The molecule has 112 valence electrons. The first-order valence-corrected chi connectivity index (χ1v) is 6.93. The Morgan fingerprint density at radius 3 is 2.81 bits per heavy atom. The first-order chi connectivity index (χ1) is 9.97. The Labute approximate surface area is 130 Å². The Kier molecular flexibility index (Phi) is 5.03. The summed E-state index contributed by atoms with van der Waals surface area (Å²) in [6, 6.07) is 4.11. The van der Waals surface area contributed by atoms with Gasteiger partial charge in [0.05, 0.1) is 15.7 Å². The number of hydrogen-bond acceptors (Lipinski definition) is 4. The number of hydrogen-bond donors (Lipinski definition) is 2. The number of carbonyl (C=O) groups excluding carboxylic acids is 3. The van der Waals surface area contributed by atoms with E-state index in [2.05, 4.69) is 10.6 Å². The minimum Gasteiger partial charge on any atom is -0.454 e. The molecule has 1 aromatic carbocycles. The van der Waals surface area contributed by atoms with Gasteiger partial charge in [-0.25, -0.2) is 4.79 Å². The van der Waals surface area contributed by atoms with Crippen molar-refractivity contribution in [3.05, 3.63) is 28.2 Å². The molecule has 0 unspecified atom stereocenters. The second-order valence-electron chi connectivity index (χ2n) is 4.42. The van der Waals surface area contributed by atoms with Crippen molar-refractivity contribution in [1.29, 1.82) is 0 Å². The summed E-state index contributed by atoms with van der Waals surface area (Å²) >= 11 is 11.7. The lowest BCUT2D eigenvalue weighted by molar-refractivity contribution is -0.149. The van der Waals surface area contributed by atoms with Crippen LogP contribution in [0, 0.1) is 0 Å². The van der Waals surface area contributed by atoms with Crippen molar-refractivity contribution in [1.82, 2.24) is 5.32 Å². The summed E-state index contributed by atoms with van der Waals surface area (Å²) in [4.78, 5) is 34.3. The standard InChI is InChI=1S/C13H12Cl2N2O4/c14-7-2-1-3-8(12(7)15)16-11(19)6-21-13(20)9-4-5-10(18)17-9/h1-3,9H,4-6H2,(H,16,19)(H,17,18)/t9-/m0/s1. The van der Waals surface area contributed by atoms with E-state index in [0.29, 0.717) is 17.1 Å². The number of rotatable bonds is 4. The maximum atomic E-state index is 11.7. The molecule has 1 heterocycles. The van der Waals surface area contributed by atoms with Gasteiger partial charge in [0, 0.05) is 6.42 Å². The first kappa shape index (κ1) is 15.6. The Morgan fingerprint density at radius 1 is 1.38 bits per heavy atom. The summed E-state index contributed by atoms with van der Waals surface area (Å²) in [5.41, 5.74) is 0.333. The Hall–Kier alpha value is -1.79. The van der Waals surface area contributed by atoms with Crippen molar-refractivity contribution in [2.75, 3.05) is 11.9 Å². The Bertz CT molecular complexity index is 592. The molecular weight excluding hydrogens is 319 g/mol. The lowest BCUT2D eigenvalue weighted by Crippen LogP contribution is -2.36. The minimum absolute atomic E-state index is 0.202. The summed E-state index contributed by atoms with van der Waals surface area (Å²) in [7, 11) is 0. The molecule has 6 nitrogen and oxygen atoms in total. The van der Waals surface area contributed by atoms with E-state index >= 15 is 0 Å². The second-order valence-corrected chi connectivity index (χ2v) is 5.20. The van der Waals surface area contributed by atoms with Crippen LogP contribution in [0.3, 0.4) is 0 Å². The molecule has 1 saturated heterocycles. The number of nitrogens with one attached hydrogen (secondary N) is 2. The molecule has 2 rings (SSSR count). The largest absolute Gasteiger partial charge is 0.454 e. The number of benzene rings is 1. The highest BCUT2D eigenvalue weighted by atomic mass is 35.5. The molecule has 0 radical (unpaired) electrons. The third-order valence-electron chi connectivity index (χ3n) is 2.85. The number of carbonyl (C=O) groups is 3. The maximum Gasteiger partial charge on any atom is 0.329 e. The zero-order chi connectivity index (χ0) is 15.4. The molecule has 1 aromatic rings. The van der Waals surface area contributed by atoms with Crippen molar-refractivity contribution >= 4 is 46.7 Å². The van der Waals surface area contributed by atoms with Crippen LogP contribution in [0.4, 0.5) is 5.69 Å². The van der Waals surface area contributed by atoms with Crippen LogP contribution in [0.5, 0.6) is 0 Å². The summed E-state index contributed by atoms with van der Waals surface area (Å²) in [5.74, 6) is -1.38. The van der Waals surface area contributed by atoms with E-state index in [1.807, 2.05) is 0 Å². The van der Waals surface area contributed by atoms with Crippen LogP contribution in [0.2, 0.25) is 10.0 Å². The van der Waals surface area contributed by atoms with E-state index in [-0.39, 0.29) is 17.4 Å². The van der Waals surface area contributed by atoms with Crippen LogP contribution in [-0.2, 0) is 19.1 Å². The molecule has 1 fully saturated rings. The van der Waals surface area contributed by atoms with E-state index in [4.69, 9.17) is 27.9 Å². The van der Waals surface area contributed by atoms with Gasteiger partial charge in [-0.1, -0.05) is 29.3 Å². The fourth-order valence-electron chi connectivity index (χ4n) is 1.81. The molecule has 21 heavy (non-hydrogen) atoms. The topological polar surface area (TPSA) is 84.5 Å². The fraction of sp³-hybridized carbons (Fsp3) is 0.308. The Morgan fingerprint density at radius 2 is 2.14 bits per heavy atom. The molecule has 0 aromatic heterocycles. The molecular formula is C13H12Cl2N2O4. The van der Waals surface area contributed by atoms with E-state index in [1.54, 1.807) is 18.2 Å². The summed E-state index contributed by atoms with van der Waals surface area (Å²) < 4.78 is 4.84. The fourth-order valence-corrected chi connectivity index (χ4v) is 2.16. The highest BCUT2D eigenvalue weighted by Gasteiger charge is 2.28. The maximum absolute atomic E-state index is 11.7. The Balaban J connectivity index is 1.83. The normalized spacial score (nSPS) is 17.2. The highest BCUT2D eigenvalue weighted by molar-refractivity contribution is 6.44. The summed E-state index contributed by atoms with van der Waals surface area (Å²) in [5, 5.41) is 5.46. The quantitative estimate of drug-likeness (QED) is 0.824. The van der Waals surface area contributed by atoms with Crippen molar-refractivity contribution in [2.45, 2.75) is 18.9 Å². The predicted molar refractivity (Wildman–Crippen MR) is 77.2 cm³/mol. The van der Waals surface area contributed by atoms with Crippen molar-refractivity contribution in [3.8, 4) is 0 Å². The van der Waals surface area contributed by atoms with E-state index in [0.717, 1.165) is 0 Å². The number of anilines is 1. The van der Waals surface area contributed by atoms with E-state index in [9.17, 15) is 14.4 Å². The number of halogens is 2. The molecule has 0 bridgehead atoms. The zero-order valence-corrected chi connectivity index (χ0v) is 12.3. The highest BCUT2D eigenvalue weighted by Crippen LogP contribution is 2.29. The van der Waals surface area contributed by atoms with Gasteiger partial charge in [-0.05, 0) is 18.6 Å². The van der Waals surface area contributed by atoms with Gasteiger partial charge in [-0.3, -0.25) is 9.59 Å². The SMILES string of the molecule is O=C(COC(=O)[C@@H]1CCC(=O)N1)Nc1cccc(Cl)c1Cl. The number of esters is 1. The first-order valence-electron chi connectivity index (χ1n) is 6.17. The van der Waals surface area contributed by atoms with Crippen LogP contribution in [0.1, 0.15) is 12.8 Å². The van der Waals surface area contributed by atoms with E-state index in [1.165, 1.54) is 0 Å². The van der Waals surface area contributed by atoms with Gasteiger partial charge in [0.25, 0.3) is 5.91 Å². The van der Waals surface area contributed by atoms with Crippen molar-refractivity contribution in [2.24, 2.45) is 0 Å². The molecule has 8 heteroatoms. The summed E-state index contributed by atoms with van der Waals surface area (Å²) in [6.45, 7) is -0.464. The third-order valence-corrected chi connectivity index (χ3v) is 3.67. The van der Waals surface area contributed by atoms with Crippen molar-refractivity contribution < 1.29 is 19.1 Å². The minimum atomic E-state index is -0.681.